The third-order valence-corrected chi connectivity index (χ3v) is 3.46. The molecule has 0 saturated carbocycles. The molecule has 0 aliphatic carbocycles. The van der Waals surface area contributed by atoms with Gasteiger partial charge in [-0.1, -0.05) is 6.92 Å². The van der Waals surface area contributed by atoms with Crippen LogP contribution in [0, 0.1) is 0 Å². The molecule has 1 rings (SSSR count). The van der Waals surface area contributed by atoms with Gasteiger partial charge in [0.25, 0.3) is 5.91 Å². The summed E-state index contributed by atoms with van der Waals surface area (Å²) < 4.78 is 0. The van der Waals surface area contributed by atoms with Crippen LogP contribution in [0.15, 0.2) is 11.7 Å². The molecule has 5 heteroatoms. The van der Waals surface area contributed by atoms with E-state index in [-0.39, 0.29) is 11.4 Å². The molecule has 0 bridgehead atoms. The van der Waals surface area contributed by atoms with Crippen molar-refractivity contribution >= 4 is 28.8 Å². The van der Waals surface area contributed by atoms with E-state index in [0.29, 0.717) is 10.8 Å². The third kappa shape index (κ3) is 3.47. The number of rotatable bonds is 5. The summed E-state index contributed by atoms with van der Waals surface area (Å²) in [6, 6.07) is 0. The van der Waals surface area contributed by atoms with Gasteiger partial charge in [0.15, 0.2) is 0 Å². The van der Waals surface area contributed by atoms with E-state index in [0.717, 1.165) is 12.8 Å². The van der Waals surface area contributed by atoms with Crippen LogP contribution in [-0.4, -0.2) is 22.3 Å². The Balaban J connectivity index is 2.63. The van der Waals surface area contributed by atoms with E-state index >= 15 is 0 Å². The van der Waals surface area contributed by atoms with E-state index in [2.05, 4.69) is 10.3 Å². The van der Waals surface area contributed by atoms with Crippen LogP contribution in [0.1, 0.15) is 36.4 Å². The standard InChI is InChI=1S/C10H15ClN2OS/c1-3-10(2,4-5-11)13-9(14)8-6-12-7-15-8/h6-7H,3-5H2,1-2H3,(H,13,14). The Morgan fingerprint density at radius 1 is 1.73 bits per heavy atom. The van der Waals surface area contributed by atoms with Crippen molar-refractivity contribution in [3.63, 3.8) is 0 Å². The quantitative estimate of drug-likeness (QED) is 0.812. The molecule has 1 aromatic heterocycles. The minimum absolute atomic E-state index is 0.0630. The van der Waals surface area contributed by atoms with Gasteiger partial charge in [-0.2, -0.15) is 0 Å². The fourth-order valence-electron chi connectivity index (χ4n) is 1.20. The number of carbonyl (C=O) groups excluding carboxylic acids is 1. The van der Waals surface area contributed by atoms with Crippen LogP contribution in [0.3, 0.4) is 0 Å². The van der Waals surface area contributed by atoms with Crippen molar-refractivity contribution in [2.75, 3.05) is 5.88 Å². The Bertz CT molecular complexity index is 315. The number of hydrogen-bond donors (Lipinski definition) is 1. The largest absolute Gasteiger partial charge is 0.346 e. The highest BCUT2D eigenvalue weighted by atomic mass is 35.5. The average molecular weight is 247 g/mol. The number of hydrogen-bond acceptors (Lipinski definition) is 3. The Morgan fingerprint density at radius 2 is 2.47 bits per heavy atom. The number of amides is 1. The van der Waals surface area contributed by atoms with E-state index in [1.54, 1.807) is 11.7 Å². The maximum atomic E-state index is 11.8. The fraction of sp³-hybridized carbons (Fsp3) is 0.600. The Morgan fingerprint density at radius 3 is 2.93 bits per heavy atom. The summed E-state index contributed by atoms with van der Waals surface area (Å²) in [4.78, 5) is 16.3. The topological polar surface area (TPSA) is 42.0 Å². The summed E-state index contributed by atoms with van der Waals surface area (Å²) in [5.41, 5.74) is 1.43. The summed E-state index contributed by atoms with van der Waals surface area (Å²) in [5, 5.41) is 2.99. The van der Waals surface area contributed by atoms with Crippen molar-refractivity contribution in [3.8, 4) is 0 Å². The smallest absolute Gasteiger partial charge is 0.263 e. The lowest BCUT2D eigenvalue weighted by molar-refractivity contribution is 0.0905. The summed E-state index contributed by atoms with van der Waals surface area (Å²) in [5.74, 6) is 0.486. The molecule has 0 saturated heterocycles. The molecule has 0 spiro atoms. The fourth-order valence-corrected chi connectivity index (χ4v) is 2.13. The molecule has 84 valence electrons. The van der Waals surface area contributed by atoms with Crippen LogP contribution in [0.4, 0.5) is 0 Å². The number of aromatic nitrogens is 1. The lowest BCUT2D eigenvalue weighted by Crippen LogP contribution is -2.45. The van der Waals surface area contributed by atoms with Crippen molar-refractivity contribution in [2.45, 2.75) is 32.2 Å². The normalized spacial score (nSPS) is 14.6. The first kappa shape index (κ1) is 12.5. The Kier molecular flexibility index (Phi) is 4.54. The molecule has 1 N–H and O–H groups in total. The van der Waals surface area contributed by atoms with Crippen molar-refractivity contribution in [1.82, 2.24) is 10.3 Å². The van der Waals surface area contributed by atoms with E-state index in [4.69, 9.17) is 11.6 Å². The van der Waals surface area contributed by atoms with Crippen LogP contribution in [0.5, 0.6) is 0 Å². The monoisotopic (exact) mass is 246 g/mol. The lowest BCUT2D eigenvalue weighted by atomic mass is 9.95. The molecule has 1 aromatic rings. The van der Waals surface area contributed by atoms with Crippen LogP contribution in [-0.2, 0) is 0 Å². The zero-order chi connectivity index (χ0) is 11.3. The molecular formula is C10H15ClN2OS. The molecular weight excluding hydrogens is 232 g/mol. The molecule has 0 radical (unpaired) electrons. The molecule has 0 aromatic carbocycles. The molecule has 1 heterocycles. The van der Waals surface area contributed by atoms with Crippen molar-refractivity contribution in [1.29, 1.82) is 0 Å². The van der Waals surface area contributed by atoms with Gasteiger partial charge in [0, 0.05) is 11.4 Å². The minimum Gasteiger partial charge on any atom is -0.346 e. The third-order valence-electron chi connectivity index (χ3n) is 2.50. The van der Waals surface area contributed by atoms with Gasteiger partial charge in [0.2, 0.25) is 0 Å². The van der Waals surface area contributed by atoms with Gasteiger partial charge in [-0.05, 0) is 19.8 Å². The predicted molar refractivity (Wildman–Crippen MR) is 63.6 cm³/mol. The van der Waals surface area contributed by atoms with Crippen molar-refractivity contribution in [2.24, 2.45) is 0 Å². The van der Waals surface area contributed by atoms with Gasteiger partial charge in [-0.25, -0.2) is 0 Å². The van der Waals surface area contributed by atoms with E-state index < -0.39 is 0 Å². The molecule has 0 aliphatic rings. The number of alkyl halides is 1. The van der Waals surface area contributed by atoms with Gasteiger partial charge < -0.3 is 5.32 Å². The number of carbonyl (C=O) groups is 1. The van der Waals surface area contributed by atoms with Crippen LogP contribution in [0.25, 0.3) is 0 Å². The lowest BCUT2D eigenvalue weighted by Gasteiger charge is -2.28. The Hall–Kier alpha value is -0.610. The SMILES string of the molecule is CCC(C)(CCCl)NC(=O)c1cncs1. The molecule has 1 amide bonds. The second-order valence-corrected chi connectivity index (χ2v) is 4.94. The van der Waals surface area contributed by atoms with E-state index in [1.807, 2.05) is 13.8 Å². The summed E-state index contributed by atoms with van der Waals surface area (Å²) in [6.07, 6.45) is 3.22. The number of nitrogens with one attached hydrogen (secondary N) is 1. The molecule has 0 aliphatic heterocycles. The van der Waals surface area contributed by atoms with Crippen molar-refractivity contribution in [3.05, 3.63) is 16.6 Å². The van der Waals surface area contributed by atoms with Crippen LogP contribution >= 0.6 is 22.9 Å². The number of thiazole rings is 1. The summed E-state index contributed by atoms with van der Waals surface area (Å²) in [6.45, 7) is 4.05. The van der Waals surface area contributed by atoms with Crippen molar-refractivity contribution < 1.29 is 4.79 Å². The molecule has 3 nitrogen and oxygen atoms in total. The first-order chi connectivity index (χ1) is 7.11. The van der Waals surface area contributed by atoms with E-state index in [9.17, 15) is 4.79 Å². The highest BCUT2D eigenvalue weighted by molar-refractivity contribution is 7.11. The second kappa shape index (κ2) is 5.47. The molecule has 1 atom stereocenters. The first-order valence-electron chi connectivity index (χ1n) is 4.88. The minimum atomic E-state index is -0.219. The van der Waals surface area contributed by atoms with Gasteiger partial charge in [0.05, 0.1) is 11.7 Å². The Labute approximate surface area is 98.9 Å². The maximum Gasteiger partial charge on any atom is 0.263 e. The first-order valence-corrected chi connectivity index (χ1v) is 6.29. The zero-order valence-electron chi connectivity index (χ0n) is 8.92. The average Bonchev–Trinajstić information content (AvgIpc) is 2.71. The summed E-state index contributed by atoms with van der Waals surface area (Å²) >= 11 is 7.06. The van der Waals surface area contributed by atoms with E-state index in [1.165, 1.54) is 11.3 Å². The molecule has 1 unspecified atom stereocenters. The zero-order valence-corrected chi connectivity index (χ0v) is 10.5. The highest BCUT2D eigenvalue weighted by Crippen LogP contribution is 2.17. The van der Waals surface area contributed by atoms with Gasteiger partial charge in [0.1, 0.15) is 4.88 Å². The summed E-state index contributed by atoms with van der Waals surface area (Å²) in [7, 11) is 0. The van der Waals surface area contributed by atoms with Gasteiger partial charge in [-0.15, -0.1) is 22.9 Å². The van der Waals surface area contributed by atoms with Gasteiger partial charge in [-0.3, -0.25) is 9.78 Å². The van der Waals surface area contributed by atoms with Gasteiger partial charge >= 0.3 is 0 Å². The molecule has 15 heavy (non-hydrogen) atoms. The predicted octanol–water partition coefficient (Wildman–Crippen LogP) is 2.67. The highest BCUT2D eigenvalue weighted by Gasteiger charge is 2.24. The molecule has 0 fully saturated rings. The van der Waals surface area contributed by atoms with Crippen LogP contribution < -0.4 is 5.32 Å². The second-order valence-electron chi connectivity index (χ2n) is 3.67. The van der Waals surface area contributed by atoms with Crippen LogP contribution in [0.2, 0.25) is 0 Å². The number of nitrogens with zero attached hydrogens (tertiary/aromatic N) is 1. The maximum absolute atomic E-state index is 11.8. The number of halogens is 1.